The molecule has 0 aliphatic rings. The number of fused-ring (bicyclic) bond motifs is 7. The largest absolute Gasteiger partial charge is 0.455 e. The Hall–Kier alpha value is -7.62. The van der Waals surface area contributed by atoms with E-state index in [4.69, 9.17) is 4.42 Å². The molecule has 0 saturated carbocycles. The van der Waals surface area contributed by atoms with Gasteiger partial charge in [-0.3, -0.25) is 0 Å². The first kappa shape index (κ1) is 32.8. The number of furan rings is 1. The maximum Gasteiger partial charge on any atom is 0.145 e. The molecule has 0 unspecified atom stereocenters. The fourth-order valence-electron chi connectivity index (χ4n) is 8.44. The van der Waals surface area contributed by atoms with Crippen molar-refractivity contribution in [2.75, 3.05) is 4.90 Å². The number of hydrogen-bond donors (Lipinski definition) is 0. The quantitative estimate of drug-likeness (QED) is 0.163. The third-order valence-electron chi connectivity index (χ3n) is 11.2. The van der Waals surface area contributed by atoms with Crippen molar-refractivity contribution in [3.63, 3.8) is 0 Å². The second-order valence-electron chi connectivity index (χ2n) is 14.5. The average Bonchev–Trinajstić information content (AvgIpc) is 3.84. The summed E-state index contributed by atoms with van der Waals surface area (Å²) in [5.41, 5.74) is 15.6. The molecule has 0 fully saturated rings. The number of anilines is 3. The molecule has 0 N–H and O–H groups in total. The first-order valence-corrected chi connectivity index (χ1v) is 19.4. The fraction of sp³-hybridized carbons (Fsp3) is 0. The Morgan fingerprint density at radius 2 is 0.789 bits per heavy atom. The van der Waals surface area contributed by atoms with Crippen LogP contribution in [-0.4, -0.2) is 4.57 Å². The Morgan fingerprint density at radius 1 is 0.333 bits per heavy atom. The van der Waals surface area contributed by atoms with E-state index >= 15 is 0 Å². The molecule has 0 amide bonds. The normalized spacial score (nSPS) is 11.5. The number of para-hydroxylation sites is 2. The first-order valence-electron chi connectivity index (χ1n) is 19.4. The molecule has 57 heavy (non-hydrogen) atoms. The van der Waals surface area contributed by atoms with E-state index in [0.29, 0.717) is 0 Å². The molecule has 2 heterocycles. The third kappa shape index (κ3) is 5.68. The van der Waals surface area contributed by atoms with Crippen molar-refractivity contribution in [1.29, 1.82) is 0 Å². The van der Waals surface area contributed by atoms with E-state index in [0.717, 1.165) is 72.2 Å². The van der Waals surface area contributed by atoms with Gasteiger partial charge in [0.25, 0.3) is 0 Å². The van der Waals surface area contributed by atoms with Crippen LogP contribution in [0.2, 0.25) is 0 Å². The van der Waals surface area contributed by atoms with Gasteiger partial charge in [-0.25, -0.2) is 0 Å². The Morgan fingerprint density at radius 3 is 1.37 bits per heavy atom. The smallest absolute Gasteiger partial charge is 0.145 e. The highest BCUT2D eigenvalue weighted by atomic mass is 16.3. The Bertz CT molecular complexity index is 3100. The van der Waals surface area contributed by atoms with Gasteiger partial charge >= 0.3 is 0 Å². The zero-order valence-electron chi connectivity index (χ0n) is 31.1. The van der Waals surface area contributed by atoms with E-state index in [1.165, 1.54) is 27.6 Å². The van der Waals surface area contributed by atoms with Gasteiger partial charge in [0.2, 0.25) is 0 Å². The second-order valence-corrected chi connectivity index (χ2v) is 14.5. The van der Waals surface area contributed by atoms with Gasteiger partial charge in [-0.05, 0) is 112 Å². The number of nitrogens with zero attached hydrogens (tertiary/aromatic N) is 2. The summed E-state index contributed by atoms with van der Waals surface area (Å²) in [7, 11) is 0. The van der Waals surface area contributed by atoms with Gasteiger partial charge in [0, 0.05) is 38.9 Å². The van der Waals surface area contributed by atoms with Gasteiger partial charge in [0.05, 0.1) is 16.4 Å². The van der Waals surface area contributed by atoms with Crippen LogP contribution in [0, 0.1) is 0 Å². The molecule has 0 radical (unpaired) electrons. The van der Waals surface area contributed by atoms with Gasteiger partial charge in [-0.1, -0.05) is 140 Å². The van der Waals surface area contributed by atoms with Crippen molar-refractivity contribution in [2.24, 2.45) is 0 Å². The van der Waals surface area contributed by atoms with Gasteiger partial charge < -0.3 is 13.9 Å². The number of aromatic nitrogens is 1. The van der Waals surface area contributed by atoms with Crippen LogP contribution in [0.1, 0.15) is 0 Å². The Labute approximate surface area is 330 Å². The molecule has 11 rings (SSSR count). The maximum absolute atomic E-state index is 6.64. The molecule has 0 aliphatic heterocycles. The summed E-state index contributed by atoms with van der Waals surface area (Å²) >= 11 is 0. The molecule has 2 aromatic heterocycles. The molecular formula is C54H36N2O. The van der Waals surface area contributed by atoms with Crippen LogP contribution in [0.4, 0.5) is 17.1 Å². The predicted molar refractivity (Wildman–Crippen MR) is 239 cm³/mol. The highest BCUT2D eigenvalue weighted by Crippen LogP contribution is 2.43. The molecule has 268 valence electrons. The van der Waals surface area contributed by atoms with Crippen LogP contribution in [0.3, 0.4) is 0 Å². The van der Waals surface area contributed by atoms with Crippen LogP contribution in [0.25, 0.3) is 82.8 Å². The average molecular weight is 729 g/mol. The molecule has 9 aromatic carbocycles. The van der Waals surface area contributed by atoms with Crippen molar-refractivity contribution in [3.8, 4) is 39.1 Å². The van der Waals surface area contributed by atoms with Crippen molar-refractivity contribution in [1.82, 2.24) is 4.57 Å². The van der Waals surface area contributed by atoms with Gasteiger partial charge in [-0.2, -0.15) is 0 Å². The monoisotopic (exact) mass is 728 g/mol. The van der Waals surface area contributed by atoms with Crippen LogP contribution in [0.15, 0.2) is 223 Å². The topological polar surface area (TPSA) is 21.3 Å². The summed E-state index contributed by atoms with van der Waals surface area (Å²) < 4.78 is 9.00. The van der Waals surface area contributed by atoms with E-state index in [1.54, 1.807) is 0 Å². The molecule has 0 saturated heterocycles. The predicted octanol–water partition coefficient (Wildman–Crippen LogP) is 15.2. The third-order valence-corrected chi connectivity index (χ3v) is 11.2. The van der Waals surface area contributed by atoms with E-state index < -0.39 is 0 Å². The molecule has 11 aromatic rings. The molecule has 0 atom stereocenters. The summed E-state index contributed by atoms with van der Waals surface area (Å²) in [6, 6.07) is 78.0. The van der Waals surface area contributed by atoms with Crippen LogP contribution in [0.5, 0.6) is 0 Å². The summed E-state index contributed by atoms with van der Waals surface area (Å²) in [4.78, 5) is 2.34. The van der Waals surface area contributed by atoms with E-state index in [1.807, 2.05) is 6.07 Å². The zero-order chi connectivity index (χ0) is 37.7. The lowest BCUT2D eigenvalue weighted by molar-refractivity contribution is 0.673. The summed E-state index contributed by atoms with van der Waals surface area (Å²) in [6.07, 6.45) is 0. The highest BCUT2D eigenvalue weighted by molar-refractivity contribution is 6.24. The molecule has 3 nitrogen and oxygen atoms in total. The Kier molecular flexibility index (Phi) is 7.82. The van der Waals surface area contributed by atoms with Gasteiger partial charge in [0.1, 0.15) is 11.2 Å². The lowest BCUT2D eigenvalue weighted by Crippen LogP contribution is -2.09. The van der Waals surface area contributed by atoms with Crippen molar-refractivity contribution in [3.05, 3.63) is 218 Å². The summed E-state index contributed by atoms with van der Waals surface area (Å²) in [5, 5.41) is 4.56. The van der Waals surface area contributed by atoms with Crippen molar-refractivity contribution in [2.45, 2.75) is 0 Å². The van der Waals surface area contributed by atoms with Gasteiger partial charge in [0.15, 0.2) is 0 Å². The second kappa shape index (κ2) is 13.6. The summed E-state index contributed by atoms with van der Waals surface area (Å²) in [6.45, 7) is 0. The zero-order valence-corrected chi connectivity index (χ0v) is 31.1. The van der Waals surface area contributed by atoms with Crippen molar-refractivity contribution >= 4 is 60.8 Å². The highest BCUT2D eigenvalue weighted by Gasteiger charge is 2.20. The lowest BCUT2D eigenvalue weighted by Gasteiger charge is -2.26. The first-order chi connectivity index (χ1) is 28.3. The van der Waals surface area contributed by atoms with E-state index in [2.05, 4.69) is 222 Å². The van der Waals surface area contributed by atoms with Gasteiger partial charge in [-0.15, -0.1) is 0 Å². The van der Waals surface area contributed by atoms with Crippen molar-refractivity contribution < 1.29 is 4.42 Å². The lowest BCUT2D eigenvalue weighted by atomic mass is 10.0. The van der Waals surface area contributed by atoms with E-state index in [9.17, 15) is 0 Å². The standard InChI is InChI=1S/C54H36N2O/c1-4-12-37(13-5-1)39-20-27-44(28-21-39)55(45-29-22-40(23-30-45)38-14-6-2-7-15-38)46-31-24-41(25-32-46)42-26-34-50-49(36-42)53-51(56(50)43-16-8-3-9-17-43)35-33-48-47-18-10-11-19-52(47)57-54(48)53/h1-36H. The Balaban J connectivity index is 1.02. The number of hydrogen-bond acceptors (Lipinski definition) is 2. The van der Waals surface area contributed by atoms with E-state index in [-0.39, 0.29) is 0 Å². The van der Waals surface area contributed by atoms with Crippen LogP contribution >= 0.6 is 0 Å². The number of benzene rings is 9. The minimum Gasteiger partial charge on any atom is -0.455 e. The summed E-state index contributed by atoms with van der Waals surface area (Å²) in [5.74, 6) is 0. The number of rotatable bonds is 7. The SMILES string of the molecule is c1ccc(-c2ccc(N(c3ccc(-c4ccccc4)cc3)c3ccc(-c4ccc5c(c4)c4c6oc7ccccc7c6ccc4n5-c4ccccc4)cc3)cc2)cc1. The molecule has 0 spiro atoms. The molecule has 0 aliphatic carbocycles. The molecule has 0 bridgehead atoms. The molecule has 3 heteroatoms. The molecular weight excluding hydrogens is 693 g/mol. The minimum atomic E-state index is 0.904. The minimum absolute atomic E-state index is 0.904. The van der Waals surface area contributed by atoms with Crippen LogP contribution < -0.4 is 4.90 Å². The maximum atomic E-state index is 6.64. The van der Waals surface area contributed by atoms with Crippen LogP contribution in [-0.2, 0) is 0 Å². The fourth-order valence-corrected chi connectivity index (χ4v) is 8.44.